The molecule has 0 saturated carbocycles. The molecule has 3 amide bonds. The van der Waals surface area contributed by atoms with E-state index >= 15 is 0 Å². The molecule has 12 heteroatoms. The zero-order chi connectivity index (χ0) is 30.8. The van der Waals surface area contributed by atoms with Crippen LogP contribution in [-0.2, 0) is 24.1 Å². The predicted molar refractivity (Wildman–Crippen MR) is 160 cm³/mol. The fourth-order valence-electron chi connectivity index (χ4n) is 4.28. The summed E-state index contributed by atoms with van der Waals surface area (Å²) in [6.45, 7) is 4.25. The van der Waals surface area contributed by atoms with Gasteiger partial charge < -0.3 is 19.4 Å². The van der Waals surface area contributed by atoms with E-state index in [2.05, 4.69) is 26.5 Å². The third-order valence-corrected chi connectivity index (χ3v) is 8.70. The summed E-state index contributed by atoms with van der Waals surface area (Å²) in [6.07, 6.45) is 5.04. The first-order chi connectivity index (χ1) is 20.7. The summed E-state index contributed by atoms with van der Waals surface area (Å²) in [5, 5.41) is 2.78. The lowest BCUT2D eigenvalue weighted by atomic mass is 10.1. The highest BCUT2D eigenvalue weighted by molar-refractivity contribution is 7.94. The number of pyridine rings is 1. The van der Waals surface area contributed by atoms with Crippen LogP contribution >= 0.6 is 0 Å². The molecule has 0 aliphatic carbocycles. The number of hydrogen-bond donors (Lipinski definition) is 1. The summed E-state index contributed by atoms with van der Waals surface area (Å²) < 4.78 is 27.4. The highest BCUT2D eigenvalue weighted by Crippen LogP contribution is 2.16. The molecule has 3 aromatic rings. The molecule has 1 N–H and O–H groups in total. The van der Waals surface area contributed by atoms with E-state index < -0.39 is 15.6 Å². The van der Waals surface area contributed by atoms with Gasteiger partial charge in [-0.15, -0.1) is 0 Å². The van der Waals surface area contributed by atoms with Gasteiger partial charge in [-0.1, -0.05) is 17.9 Å². The highest BCUT2D eigenvalue weighted by atomic mass is 32.2. The SMILES string of the molecule is CCOC(=O)CCCC(=O)N1CCS(=O)(=NC(=O)c2cncc(C#Cc3cccc(NC(=O)c4occc4C)c3)c2)CC1. The number of amides is 3. The average molecular weight is 605 g/mol. The Morgan fingerprint density at radius 1 is 1.07 bits per heavy atom. The van der Waals surface area contributed by atoms with Crippen LogP contribution in [0.2, 0.25) is 0 Å². The average Bonchev–Trinajstić information content (AvgIpc) is 3.42. The van der Waals surface area contributed by atoms with Crippen LogP contribution in [0.3, 0.4) is 0 Å². The normalized spacial score (nSPS) is 13.8. The zero-order valence-electron chi connectivity index (χ0n) is 24.0. The van der Waals surface area contributed by atoms with Crippen LogP contribution in [0.15, 0.2) is 63.8 Å². The number of benzene rings is 1. The second kappa shape index (κ2) is 14.4. The third-order valence-electron chi connectivity index (χ3n) is 6.56. The first kappa shape index (κ1) is 31.2. The van der Waals surface area contributed by atoms with Gasteiger partial charge >= 0.3 is 5.97 Å². The molecule has 2 aromatic heterocycles. The number of carbonyl (C=O) groups excluding carboxylic acids is 4. The number of aromatic nitrogens is 1. The lowest BCUT2D eigenvalue weighted by molar-refractivity contribution is -0.143. The standard InChI is InChI=1S/C31H32N4O7S/c1-3-41-28(37)9-5-8-27(36)35-13-16-43(40,17-14-35)34-30(38)25-18-24(20-32-21-25)11-10-23-6-4-7-26(19-23)33-31(39)29-22(2)12-15-42-29/h4,6-7,12,15,18-21H,3,5,8-9,13-14,16-17H2,1-2H3,(H,33,39). The second-order valence-corrected chi connectivity index (χ2v) is 12.3. The molecular formula is C31H32N4O7S. The molecule has 1 fully saturated rings. The molecule has 0 spiro atoms. The molecule has 224 valence electrons. The molecule has 3 heterocycles. The minimum atomic E-state index is -2.84. The summed E-state index contributed by atoms with van der Waals surface area (Å²) in [7, 11) is -2.84. The van der Waals surface area contributed by atoms with E-state index in [9.17, 15) is 23.4 Å². The van der Waals surface area contributed by atoms with E-state index in [-0.39, 0.29) is 66.5 Å². The van der Waals surface area contributed by atoms with Crippen molar-refractivity contribution < 1.29 is 32.5 Å². The minimum Gasteiger partial charge on any atom is -0.466 e. The van der Waals surface area contributed by atoms with Gasteiger partial charge in [0.25, 0.3) is 11.8 Å². The van der Waals surface area contributed by atoms with Crippen molar-refractivity contribution in [1.82, 2.24) is 9.88 Å². The molecule has 0 radical (unpaired) electrons. The van der Waals surface area contributed by atoms with Gasteiger partial charge in [-0.05, 0) is 50.6 Å². The Hall–Kier alpha value is -4.76. The van der Waals surface area contributed by atoms with Gasteiger partial charge in [-0.3, -0.25) is 24.2 Å². The van der Waals surface area contributed by atoms with E-state index in [1.165, 1.54) is 24.7 Å². The number of nitrogens with one attached hydrogen (secondary N) is 1. The van der Waals surface area contributed by atoms with E-state index in [0.29, 0.717) is 29.8 Å². The van der Waals surface area contributed by atoms with Gasteiger partial charge in [-0.25, -0.2) is 4.21 Å². The number of rotatable bonds is 8. The Bertz CT molecular complexity index is 1700. The van der Waals surface area contributed by atoms with Crippen molar-refractivity contribution in [2.75, 3.05) is 36.5 Å². The molecule has 1 saturated heterocycles. The summed E-state index contributed by atoms with van der Waals surface area (Å²) in [6, 6.07) is 10.2. The molecule has 0 atom stereocenters. The number of anilines is 1. The zero-order valence-corrected chi connectivity index (χ0v) is 24.8. The maximum atomic E-state index is 13.3. The molecule has 43 heavy (non-hydrogen) atoms. The summed E-state index contributed by atoms with van der Waals surface area (Å²) in [5.74, 6) is 4.85. The molecule has 11 nitrogen and oxygen atoms in total. The molecule has 0 unspecified atom stereocenters. The molecule has 1 aromatic carbocycles. The van der Waals surface area contributed by atoms with E-state index in [0.717, 1.165) is 5.56 Å². The van der Waals surface area contributed by atoms with Gasteiger partial charge in [-0.2, -0.15) is 4.36 Å². The number of nitrogens with zero attached hydrogens (tertiary/aromatic N) is 3. The van der Waals surface area contributed by atoms with Crippen LogP contribution in [-0.4, -0.2) is 69.0 Å². The van der Waals surface area contributed by atoms with Crippen molar-refractivity contribution in [2.45, 2.75) is 33.1 Å². The lowest BCUT2D eigenvalue weighted by Crippen LogP contribution is -2.43. The van der Waals surface area contributed by atoms with E-state index in [4.69, 9.17) is 9.15 Å². The largest absolute Gasteiger partial charge is 0.466 e. The van der Waals surface area contributed by atoms with Gasteiger partial charge in [0.05, 0.1) is 28.2 Å². The smallest absolute Gasteiger partial charge is 0.305 e. The Balaban J connectivity index is 1.35. The molecular weight excluding hydrogens is 572 g/mol. The summed E-state index contributed by atoms with van der Waals surface area (Å²) in [4.78, 5) is 54.9. The Labute approximate surface area is 250 Å². The van der Waals surface area contributed by atoms with E-state index in [1.54, 1.807) is 49.1 Å². The van der Waals surface area contributed by atoms with Crippen LogP contribution in [0, 0.1) is 18.8 Å². The third kappa shape index (κ3) is 8.86. The van der Waals surface area contributed by atoms with Gasteiger partial charge in [0.1, 0.15) is 0 Å². The number of carbonyl (C=O) groups is 4. The van der Waals surface area contributed by atoms with Crippen molar-refractivity contribution in [2.24, 2.45) is 4.36 Å². The van der Waals surface area contributed by atoms with Crippen LogP contribution in [0.4, 0.5) is 5.69 Å². The van der Waals surface area contributed by atoms with Crippen LogP contribution in [0.1, 0.15) is 63.8 Å². The van der Waals surface area contributed by atoms with Crippen molar-refractivity contribution in [3.05, 3.63) is 83.1 Å². The van der Waals surface area contributed by atoms with Gasteiger partial charge in [0.2, 0.25) is 5.91 Å². The fraction of sp³-hybridized carbons (Fsp3) is 0.323. The fourth-order valence-corrected chi connectivity index (χ4v) is 6.08. The number of hydrogen-bond acceptors (Lipinski definition) is 8. The maximum Gasteiger partial charge on any atom is 0.305 e. The Kier molecular flexibility index (Phi) is 10.5. The van der Waals surface area contributed by atoms with Crippen molar-refractivity contribution >= 4 is 39.1 Å². The van der Waals surface area contributed by atoms with Crippen LogP contribution in [0.5, 0.6) is 0 Å². The summed E-state index contributed by atoms with van der Waals surface area (Å²) >= 11 is 0. The van der Waals surface area contributed by atoms with Crippen LogP contribution < -0.4 is 5.32 Å². The first-order valence-corrected chi connectivity index (χ1v) is 15.6. The predicted octanol–water partition coefficient (Wildman–Crippen LogP) is 3.82. The van der Waals surface area contributed by atoms with Gasteiger partial charge in [0.15, 0.2) is 5.76 Å². The lowest BCUT2D eigenvalue weighted by Gasteiger charge is -2.28. The van der Waals surface area contributed by atoms with Crippen LogP contribution in [0.25, 0.3) is 0 Å². The monoisotopic (exact) mass is 604 g/mol. The number of aryl methyl sites for hydroxylation is 1. The molecule has 1 aliphatic rings. The second-order valence-electron chi connectivity index (χ2n) is 9.80. The van der Waals surface area contributed by atoms with Crippen molar-refractivity contribution in [3.8, 4) is 11.8 Å². The van der Waals surface area contributed by atoms with Gasteiger partial charge in [0, 0.05) is 72.2 Å². The maximum absolute atomic E-state index is 13.3. The van der Waals surface area contributed by atoms with E-state index in [1.807, 2.05) is 0 Å². The topological polar surface area (TPSA) is 148 Å². The number of esters is 1. The summed E-state index contributed by atoms with van der Waals surface area (Å²) in [5.41, 5.74) is 2.51. The first-order valence-electron chi connectivity index (χ1n) is 13.8. The number of furan rings is 1. The molecule has 4 rings (SSSR count). The molecule has 1 aliphatic heterocycles. The van der Waals surface area contributed by atoms with Crippen molar-refractivity contribution in [1.29, 1.82) is 0 Å². The van der Waals surface area contributed by atoms with Crippen molar-refractivity contribution in [3.63, 3.8) is 0 Å². The molecule has 0 bridgehead atoms. The Morgan fingerprint density at radius 2 is 1.84 bits per heavy atom. The Morgan fingerprint density at radius 3 is 2.56 bits per heavy atom. The quantitative estimate of drug-likeness (QED) is 0.301. The minimum absolute atomic E-state index is 0.0850. The number of ether oxygens (including phenoxy) is 1. The highest BCUT2D eigenvalue weighted by Gasteiger charge is 2.25.